The Balaban J connectivity index is 1.57. The van der Waals surface area contributed by atoms with Crippen LogP contribution < -0.4 is 0 Å². The Labute approximate surface area is 204 Å². The van der Waals surface area contributed by atoms with Crippen LogP contribution in [0.25, 0.3) is 0 Å². The van der Waals surface area contributed by atoms with Crippen LogP contribution in [0, 0.1) is 23.2 Å². The quantitative estimate of drug-likeness (QED) is 0.355. The van der Waals surface area contributed by atoms with Crippen LogP contribution in [0.3, 0.4) is 0 Å². The molecule has 2 aliphatic rings. The first-order chi connectivity index (χ1) is 15.5. The molecule has 1 N–H and O–H groups in total. The van der Waals surface area contributed by atoms with Gasteiger partial charge in [-0.05, 0) is 85.4 Å². The second-order valence-electron chi connectivity index (χ2n) is 12.8. The average Bonchev–Trinajstić information content (AvgIpc) is 3.11. The number of benzene rings is 1. The number of hydrogen-bond donors (Lipinski definition) is 1. The minimum Gasteiger partial charge on any atom is -0.414 e. The Kier molecular flexibility index (Phi) is 8.91. The highest BCUT2D eigenvalue weighted by Crippen LogP contribution is 2.59. The molecule has 6 atom stereocenters. The van der Waals surface area contributed by atoms with Crippen LogP contribution in [-0.4, -0.2) is 32.2 Å². The second kappa shape index (κ2) is 10.9. The zero-order valence-electron chi connectivity index (χ0n) is 22.4. The van der Waals surface area contributed by atoms with E-state index < -0.39 is 8.32 Å². The van der Waals surface area contributed by atoms with Gasteiger partial charge in [-0.25, -0.2) is 0 Å². The second-order valence-corrected chi connectivity index (χ2v) is 17.5. The number of rotatable bonds is 10. The van der Waals surface area contributed by atoms with Crippen molar-refractivity contribution in [3.8, 4) is 0 Å². The van der Waals surface area contributed by atoms with E-state index in [2.05, 4.69) is 59.8 Å². The third-order valence-electron chi connectivity index (χ3n) is 9.55. The van der Waals surface area contributed by atoms with Crippen LogP contribution in [-0.2, 0) is 15.8 Å². The van der Waals surface area contributed by atoms with Crippen molar-refractivity contribution < 1.29 is 14.3 Å². The lowest BCUT2D eigenvalue weighted by Gasteiger charge is -2.50. The lowest BCUT2D eigenvalue weighted by molar-refractivity contribution is -0.0287. The highest BCUT2D eigenvalue weighted by Gasteiger charge is 2.54. The van der Waals surface area contributed by atoms with E-state index in [1.165, 1.54) is 37.7 Å². The maximum absolute atomic E-state index is 9.89. The maximum atomic E-state index is 9.89. The first kappa shape index (κ1) is 26.9. The van der Waals surface area contributed by atoms with E-state index in [-0.39, 0.29) is 17.7 Å². The van der Waals surface area contributed by atoms with Gasteiger partial charge in [-0.2, -0.15) is 0 Å². The average molecular weight is 475 g/mol. The standard InChI is InChI=1S/C29H50O3Si/c1-22(15-16-24(20-30)31-21-23-12-9-8-10-13-23)25-17-18-26-27(14-11-19-29(25,26)5)32-33(6,7)28(2,3)4/h8-10,12-13,22,24-27,30H,11,14-21H2,1-7H3/t22-,24+,25-,26+,27+,29-/m1/s1. The Morgan fingerprint density at radius 2 is 1.79 bits per heavy atom. The molecule has 2 aliphatic carbocycles. The minimum absolute atomic E-state index is 0.0707. The fourth-order valence-corrected chi connectivity index (χ4v) is 7.85. The van der Waals surface area contributed by atoms with Gasteiger partial charge in [0, 0.05) is 6.10 Å². The number of hydrogen-bond acceptors (Lipinski definition) is 3. The van der Waals surface area contributed by atoms with Gasteiger partial charge in [0.1, 0.15) is 0 Å². The topological polar surface area (TPSA) is 38.7 Å². The molecule has 0 aromatic heterocycles. The molecule has 188 valence electrons. The molecule has 0 saturated heterocycles. The van der Waals surface area contributed by atoms with E-state index in [1.807, 2.05) is 18.2 Å². The first-order valence-corrected chi connectivity index (χ1v) is 16.3. The highest BCUT2D eigenvalue weighted by molar-refractivity contribution is 6.74. The Morgan fingerprint density at radius 1 is 1.09 bits per heavy atom. The molecular formula is C29H50O3Si. The van der Waals surface area contributed by atoms with Gasteiger partial charge >= 0.3 is 0 Å². The van der Waals surface area contributed by atoms with E-state index in [0.717, 1.165) is 18.8 Å². The van der Waals surface area contributed by atoms with Crippen molar-refractivity contribution in [3.05, 3.63) is 35.9 Å². The fourth-order valence-electron chi connectivity index (χ4n) is 6.46. The molecule has 2 fully saturated rings. The van der Waals surface area contributed by atoms with Gasteiger partial charge in [0.2, 0.25) is 0 Å². The SMILES string of the molecule is C[C@H](CC[C@@H](CO)OCc1ccccc1)[C@H]1CC[C@H]2[C@@H](O[Si](C)(C)C(C)(C)C)CCC[C@]12C. The van der Waals surface area contributed by atoms with Crippen molar-refractivity contribution in [2.24, 2.45) is 23.2 Å². The summed E-state index contributed by atoms with van der Waals surface area (Å²) >= 11 is 0. The molecule has 1 aromatic rings. The fraction of sp³-hybridized carbons (Fsp3) is 0.793. The maximum Gasteiger partial charge on any atom is 0.192 e. The third-order valence-corrected chi connectivity index (χ3v) is 14.1. The van der Waals surface area contributed by atoms with Gasteiger partial charge < -0.3 is 14.3 Å². The number of ether oxygens (including phenoxy) is 1. The summed E-state index contributed by atoms with van der Waals surface area (Å²) < 4.78 is 13.1. The molecule has 1 aromatic carbocycles. The van der Waals surface area contributed by atoms with Gasteiger partial charge in [0.15, 0.2) is 8.32 Å². The largest absolute Gasteiger partial charge is 0.414 e. The van der Waals surface area contributed by atoms with E-state index >= 15 is 0 Å². The molecule has 0 bridgehead atoms. The van der Waals surface area contributed by atoms with Gasteiger partial charge in [-0.3, -0.25) is 0 Å². The summed E-state index contributed by atoms with van der Waals surface area (Å²) in [7, 11) is -1.75. The predicted octanol–water partition coefficient (Wildman–Crippen LogP) is 7.59. The van der Waals surface area contributed by atoms with E-state index in [4.69, 9.17) is 9.16 Å². The smallest absolute Gasteiger partial charge is 0.192 e. The van der Waals surface area contributed by atoms with Crippen LogP contribution >= 0.6 is 0 Å². The molecule has 0 amide bonds. The molecule has 3 nitrogen and oxygen atoms in total. The van der Waals surface area contributed by atoms with Gasteiger partial charge in [-0.15, -0.1) is 0 Å². The molecule has 2 saturated carbocycles. The summed E-state index contributed by atoms with van der Waals surface area (Å²) in [6, 6.07) is 10.3. The van der Waals surface area contributed by atoms with E-state index in [9.17, 15) is 5.11 Å². The molecule has 0 unspecified atom stereocenters. The van der Waals surface area contributed by atoms with Crippen LogP contribution in [0.5, 0.6) is 0 Å². The molecule has 0 spiro atoms. The van der Waals surface area contributed by atoms with Gasteiger partial charge in [-0.1, -0.05) is 71.4 Å². The Hall–Kier alpha value is -0.683. The monoisotopic (exact) mass is 474 g/mol. The molecular weight excluding hydrogens is 424 g/mol. The lowest BCUT2D eigenvalue weighted by atomic mass is 9.61. The van der Waals surface area contributed by atoms with Crippen molar-refractivity contribution in [2.45, 2.75) is 117 Å². The normalized spacial score (nSPS) is 30.1. The number of fused-ring (bicyclic) bond motifs is 1. The highest BCUT2D eigenvalue weighted by atomic mass is 28.4. The molecule has 0 heterocycles. The minimum atomic E-state index is -1.75. The van der Waals surface area contributed by atoms with Crippen molar-refractivity contribution in [1.82, 2.24) is 0 Å². The van der Waals surface area contributed by atoms with Crippen molar-refractivity contribution in [1.29, 1.82) is 0 Å². The van der Waals surface area contributed by atoms with Crippen LogP contribution in [0.2, 0.25) is 18.1 Å². The summed E-state index contributed by atoms with van der Waals surface area (Å²) in [6.45, 7) is 17.6. The van der Waals surface area contributed by atoms with E-state index in [1.54, 1.807) is 0 Å². The molecule has 33 heavy (non-hydrogen) atoms. The Bertz CT molecular complexity index is 728. The van der Waals surface area contributed by atoms with Crippen LogP contribution in [0.15, 0.2) is 30.3 Å². The number of aliphatic hydroxyl groups is 1. The summed E-state index contributed by atoms with van der Waals surface area (Å²) in [5.41, 5.74) is 1.56. The molecule has 4 heteroatoms. The third kappa shape index (κ3) is 6.31. The summed E-state index contributed by atoms with van der Waals surface area (Å²) in [4.78, 5) is 0. The summed E-state index contributed by atoms with van der Waals surface area (Å²) in [6.07, 6.45) is 8.97. The van der Waals surface area contributed by atoms with Crippen molar-refractivity contribution >= 4 is 8.32 Å². The first-order valence-electron chi connectivity index (χ1n) is 13.4. The van der Waals surface area contributed by atoms with Gasteiger partial charge in [0.25, 0.3) is 0 Å². The van der Waals surface area contributed by atoms with Gasteiger partial charge in [0.05, 0.1) is 19.3 Å². The van der Waals surface area contributed by atoms with E-state index in [0.29, 0.717) is 30.0 Å². The summed E-state index contributed by atoms with van der Waals surface area (Å²) in [5.74, 6) is 2.11. The van der Waals surface area contributed by atoms with Crippen molar-refractivity contribution in [3.63, 3.8) is 0 Å². The molecule has 0 radical (unpaired) electrons. The van der Waals surface area contributed by atoms with Crippen LogP contribution in [0.1, 0.15) is 85.1 Å². The predicted molar refractivity (Wildman–Crippen MR) is 141 cm³/mol. The molecule has 3 rings (SSSR count). The Morgan fingerprint density at radius 3 is 2.42 bits per heavy atom. The lowest BCUT2D eigenvalue weighted by Crippen LogP contribution is -2.50. The van der Waals surface area contributed by atoms with Crippen molar-refractivity contribution in [2.75, 3.05) is 6.61 Å². The zero-order chi connectivity index (χ0) is 24.3. The zero-order valence-corrected chi connectivity index (χ0v) is 23.4. The van der Waals surface area contributed by atoms with Crippen LogP contribution in [0.4, 0.5) is 0 Å². The number of aliphatic hydroxyl groups excluding tert-OH is 1. The summed E-state index contributed by atoms with van der Waals surface area (Å²) in [5, 5.41) is 10.2. The molecule has 0 aliphatic heterocycles.